The van der Waals surface area contributed by atoms with Crippen LogP contribution in [0.25, 0.3) is 0 Å². The molecule has 9 heteroatoms. The Kier molecular flexibility index (Phi) is 7.10. The van der Waals surface area contributed by atoms with Crippen molar-refractivity contribution in [3.63, 3.8) is 0 Å². The highest BCUT2D eigenvalue weighted by Crippen LogP contribution is 2.72. The van der Waals surface area contributed by atoms with Gasteiger partial charge in [-0.1, -0.05) is 13.8 Å². The molecule has 0 aliphatic heterocycles. The highest BCUT2D eigenvalue weighted by molar-refractivity contribution is 6.69. The Morgan fingerprint density at radius 1 is 0.973 bits per heavy atom. The molecular formula is C28H43FO7Si. The Labute approximate surface area is 220 Å². The van der Waals surface area contributed by atoms with Gasteiger partial charge in [0.15, 0.2) is 20.5 Å². The second-order valence-corrected chi connectivity index (χ2v) is 17.9. The van der Waals surface area contributed by atoms with Crippen molar-refractivity contribution in [3.8, 4) is 0 Å². The average Bonchev–Trinajstić information content (AvgIpc) is 3.04. The number of rotatable bonds is 6. The molecule has 4 aliphatic carbocycles. The van der Waals surface area contributed by atoms with Crippen molar-refractivity contribution >= 4 is 31.8 Å². The SMILES string of the molecule is CC(=O)OCC(=O)[C@@]1(OC(C)=O)CC[C@H]2[C@@H]3CCC4CC(=O)CC[C@]4(C)[C@@]3(F)C(O[Si](C)(C)C)C[C@@]21C. The van der Waals surface area contributed by atoms with Crippen LogP contribution in [-0.2, 0) is 33.1 Å². The van der Waals surface area contributed by atoms with Gasteiger partial charge in [0.1, 0.15) is 11.5 Å². The van der Waals surface area contributed by atoms with E-state index in [1.807, 2.05) is 33.5 Å². The van der Waals surface area contributed by atoms with Gasteiger partial charge in [-0.3, -0.25) is 19.2 Å². The van der Waals surface area contributed by atoms with Crippen molar-refractivity contribution in [2.24, 2.45) is 28.6 Å². The number of alkyl halides is 1. The molecule has 0 aromatic heterocycles. The number of fused-ring (bicyclic) bond motifs is 5. The maximum atomic E-state index is 18.2. The molecule has 4 rings (SSSR count). The summed E-state index contributed by atoms with van der Waals surface area (Å²) < 4.78 is 35.8. The van der Waals surface area contributed by atoms with E-state index >= 15 is 4.39 Å². The molecular weight excluding hydrogens is 495 g/mol. The number of esters is 2. The number of ether oxygens (including phenoxy) is 2. The number of halogens is 1. The summed E-state index contributed by atoms with van der Waals surface area (Å²) in [6.45, 7) is 12.1. The third kappa shape index (κ3) is 4.32. The Morgan fingerprint density at radius 2 is 1.65 bits per heavy atom. The first-order valence-electron chi connectivity index (χ1n) is 13.7. The summed E-state index contributed by atoms with van der Waals surface area (Å²) >= 11 is 0. The number of Topliss-reactive ketones (excluding diaryl/α,β-unsaturated/α-hetero) is 2. The van der Waals surface area contributed by atoms with Crippen LogP contribution in [0.5, 0.6) is 0 Å². The fourth-order valence-corrected chi connectivity index (χ4v) is 9.88. The number of carbonyl (C=O) groups excluding carboxylic acids is 4. The summed E-state index contributed by atoms with van der Waals surface area (Å²) in [7, 11) is -2.25. The van der Waals surface area contributed by atoms with Crippen molar-refractivity contribution in [2.75, 3.05) is 6.61 Å². The first kappa shape index (κ1) is 28.4. The van der Waals surface area contributed by atoms with Gasteiger partial charge in [0, 0.05) is 37.5 Å². The van der Waals surface area contributed by atoms with Gasteiger partial charge in [-0.05, 0) is 75.9 Å². The van der Waals surface area contributed by atoms with E-state index in [1.165, 1.54) is 13.8 Å². The number of ketones is 2. The molecule has 0 N–H and O–H groups in total. The molecule has 37 heavy (non-hydrogen) atoms. The molecule has 4 fully saturated rings. The topological polar surface area (TPSA) is 96.0 Å². The summed E-state index contributed by atoms with van der Waals surface area (Å²) in [4.78, 5) is 50.0. The summed E-state index contributed by atoms with van der Waals surface area (Å²) in [5.74, 6) is -2.05. The van der Waals surface area contributed by atoms with Gasteiger partial charge in [-0.15, -0.1) is 0 Å². The monoisotopic (exact) mass is 538 g/mol. The predicted octanol–water partition coefficient (Wildman–Crippen LogP) is 4.95. The van der Waals surface area contributed by atoms with Crippen LogP contribution >= 0.6 is 0 Å². The lowest BCUT2D eigenvalue weighted by molar-refractivity contribution is -0.252. The molecule has 0 radical (unpaired) electrons. The highest BCUT2D eigenvalue weighted by Gasteiger charge is 2.76. The second-order valence-electron chi connectivity index (χ2n) is 13.4. The van der Waals surface area contributed by atoms with Crippen LogP contribution in [0.1, 0.15) is 79.1 Å². The highest BCUT2D eigenvalue weighted by atomic mass is 28.4. The van der Waals surface area contributed by atoms with E-state index in [0.29, 0.717) is 32.1 Å². The maximum absolute atomic E-state index is 18.2. The molecule has 0 aromatic carbocycles. The van der Waals surface area contributed by atoms with E-state index in [1.54, 1.807) is 0 Å². The lowest BCUT2D eigenvalue weighted by Gasteiger charge is -2.66. The average molecular weight is 539 g/mol. The van der Waals surface area contributed by atoms with Gasteiger partial charge in [0.2, 0.25) is 5.78 Å². The largest absolute Gasteiger partial charge is 0.458 e. The summed E-state index contributed by atoms with van der Waals surface area (Å²) in [6.07, 6.45) is 2.88. The quantitative estimate of drug-likeness (QED) is 0.349. The van der Waals surface area contributed by atoms with Crippen LogP contribution in [0.15, 0.2) is 0 Å². The summed E-state index contributed by atoms with van der Waals surface area (Å²) in [5.41, 5.74) is -4.76. The standard InChI is InChI=1S/C28H43FO7Si/c1-17(30)34-16-23(33)27(35-18(2)31)13-11-21-22-9-8-19-14-20(32)10-12-25(19,3)28(22,29)24(15-26(21,27)4)36-37(5,6)7/h19,21-22,24H,8-16H2,1-7H3/t19?,21-,22-,24?,25-,26-,27-,28-/m0/s1. The van der Waals surface area contributed by atoms with Crippen molar-refractivity contribution in [1.29, 1.82) is 0 Å². The third-order valence-electron chi connectivity index (χ3n) is 10.3. The molecule has 0 heterocycles. The van der Waals surface area contributed by atoms with Crippen LogP contribution in [0.4, 0.5) is 4.39 Å². The van der Waals surface area contributed by atoms with Crippen LogP contribution in [-0.4, -0.2) is 55.8 Å². The summed E-state index contributed by atoms with van der Waals surface area (Å²) in [5, 5.41) is 0. The van der Waals surface area contributed by atoms with Gasteiger partial charge in [-0.2, -0.15) is 0 Å². The molecule has 4 saturated carbocycles. The lowest BCUT2D eigenvalue weighted by Crippen LogP contribution is -2.72. The van der Waals surface area contributed by atoms with E-state index in [-0.39, 0.29) is 36.4 Å². The van der Waals surface area contributed by atoms with Crippen LogP contribution in [0, 0.1) is 28.6 Å². The van der Waals surface area contributed by atoms with E-state index in [2.05, 4.69) is 0 Å². The fourth-order valence-electron chi connectivity index (χ4n) is 8.77. The smallest absolute Gasteiger partial charge is 0.303 e. The zero-order valence-electron chi connectivity index (χ0n) is 23.4. The van der Waals surface area contributed by atoms with E-state index in [4.69, 9.17) is 13.9 Å². The van der Waals surface area contributed by atoms with Gasteiger partial charge in [-0.25, -0.2) is 4.39 Å². The first-order valence-corrected chi connectivity index (χ1v) is 17.2. The Hall–Kier alpha value is -1.61. The van der Waals surface area contributed by atoms with E-state index < -0.39 is 60.8 Å². The minimum Gasteiger partial charge on any atom is -0.458 e. The predicted molar refractivity (Wildman–Crippen MR) is 137 cm³/mol. The second kappa shape index (κ2) is 9.25. The number of carbonyl (C=O) groups is 4. The Bertz CT molecular complexity index is 994. The van der Waals surface area contributed by atoms with Gasteiger partial charge < -0.3 is 13.9 Å². The van der Waals surface area contributed by atoms with Gasteiger partial charge >= 0.3 is 11.9 Å². The zero-order chi connectivity index (χ0) is 27.6. The maximum Gasteiger partial charge on any atom is 0.303 e. The molecule has 0 bridgehead atoms. The molecule has 4 aliphatic rings. The van der Waals surface area contributed by atoms with E-state index in [0.717, 1.165) is 6.42 Å². The fraction of sp³-hybridized carbons (Fsp3) is 0.857. The van der Waals surface area contributed by atoms with Crippen molar-refractivity contribution in [2.45, 2.75) is 116 Å². The van der Waals surface area contributed by atoms with Crippen molar-refractivity contribution in [1.82, 2.24) is 0 Å². The molecule has 208 valence electrons. The molecule has 8 atom stereocenters. The molecule has 0 amide bonds. The van der Waals surface area contributed by atoms with Crippen LogP contribution in [0.2, 0.25) is 19.6 Å². The van der Waals surface area contributed by atoms with Gasteiger partial charge in [0.25, 0.3) is 0 Å². The lowest BCUT2D eigenvalue weighted by atomic mass is 9.42. The number of hydrogen-bond acceptors (Lipinski definition) is 7. The molecule has 0 spiro atoms. The zero-order valence-corrected chi connectivity index (χ0v) is 24.4. The van der Waals surface area contributed by atoms with Crippen molar-refractivity contribution in [3.05, 3.63) is 0 Å². The van der Waals surface area contributed by atoms with Crippen LogP contribution < -0.4 is 0 Å². The van der Waals surface area contributed by atoms with E-state index in [9.17, 15) is 19.2 Å². The molecule has 7 nitrogen and oxygen atoms in total. The number of hydrogen-bond donors (Lipinski definition) is 0. The minimum absolute atomic E-state index is 0.0303. The first-order chi connectivity index (χ1) is 17.0. The molecule has 0 aromatic rings. The minimum atomic E-state index is -2.25. The third-order valence-corrected chi connectivity index (χ3v) is 11.3. The normalized spacial score (nSPS) is 43.3. The molecule has 0 saturated heterocycles. The Balaban J connectivity index is 1.83. The Morgan fingerprint density at radius 3 is 2.24 bits per heavy atom. The molecule has 2 unspecified atom stereocenters. The van der Waals surface area contributed by atoms with Crippen LogP contribution in [0.3, 0.4) is 0 Å². The van der Waals surface area contributed by atoms with Gasteiger partial charge in [0.05, 0.1) is 6.10 Å². The summed E-state index contributed by atoms with van der Waals surface area (Å²) in [6, 6.07) is 0. The van der Waals surface area contributed by atoms with Crippen molar-refractivity contribution < 1.29 is 37.5 Å².